The quantitative estimate of drug-likeness (QED) is 0.670. The molecule has 1 aromatic heterocycles. The minimum absolute atomic E-state index is 0.122. The molecule has 0 spiro atoms. The monoisotopic (exact) mass is 337 g/mol. The van der Waals surface area contributed by atoms with Gasteiger partial charge in [0.1, 0.15) is 4.88 Å². The molecule has 0 saturated carbocycles. The number of ether oxygens (including phenoxy) is 1. The summed E-state index contributed by atoms with van der Waals surface area (Å²) in [5.41, 5.74) is 0.517. The van der Waals surface area contributed by atoms with Crippen LogP contribution in [0.4, 0.5) is 5.69 Å². The number of carbonyl (C=O) groups excluding carboxylic acids is 3. The van der Waals surface area contributed by atoms with Crippen LogP contribution in [0.15, 0.2) is 36.4 Å². The van der Waals surface area contributed by atoms with Crippen molar-refractivity contribution in [3.63, 3.8) is 0 Å². The molecule has 0 unspecified atom stereocenters. The molecule has 0 aliphatic carbocycles. The van der Waals surface area contributed by atoms with Crippen LogP contribution in [0.1, 0.15) is 26.3 Å². The van der Waals surface area contributed by atoms with Crippen LogP contribution < -0.4 is 5.32 Å². The summed E-state index contributed by atoms with van der Waals surface area (Å²) in [6.07, 6.45) is 0. The van der Waals surface area contributed by atoms with Gasteiger partial charge in [0.05, 0.1) is 4.88 Å². The molecule has 2 rings (SSSR count). The first kappa shape index (κ1) is 16.2. The van der Waals surface area contributed by atoms with Crippen molar-refractivity contribution in [3.8, 4) is 0 Å². The molecule has 0 saturated heterocycles. The Balaban J connectivity index is 1.87. The second-order valence-corrected chi connectivity index (χ2v) is 5.87. The van der Waals surface area contributed by atoms with Gasteiger partial charge in [-0.05, 0) is 37.3 Å². The Kier molecular flexibility index (Phi) is 5.30. The van der Waals surface area contributed by atoms with E-state index < -0.39 is 18.5 Å². The van der Waals surface area contributed by atoms with Gasteiger partial charge in [-0.3, -0.25) is 9.59 Å². The third-order valence-electron chi connectivity index (χ3n) is 2.60. The number of ketones is 1. The summed E-state index contributed by atoms with van der Waals surface area (Å²) in [5, 5.41) is 3.05. The number of nitrogens with one attached hydrogen (secondary N) is 1. The SMILES string of the molecule is CC(=O)c1ccc(C(=O)OCC(=O)Nc2cccc(Cl)c2)s1. The molecule has 2 aromatic rings. The van der Waals surface area contributed by atoms with Crippen molar-refractivity contribution in [1.82, 2.24) is 0 Å². The molecule has 0 aliphatic rings. The van der Waals surface area contributed by atoms with Crippen LogP contribution in [0.5, 0.6) is 0 Å². The number of halogens is 1. The maximum absolute atomic E-state index is 11.8. The lowest BCUT2D eigenvalue weighted by Gasteiger charge is -2.06. The van der Waals surface area contributed by atoms with Crippen LogP contribution in [0.25, 0.3) is 0 Å². The molecule has 0 fully saturated rings. The van der Waals surface area contributed by atoms with Crippen molar-refractivity contribution in [3.05, 3.63) is 51.2 Å². The van der Waals surface area contributed by atoms with E-state index in [2.05, 4.69) is 5.32 Å². The highest BCUT2D eigenvalue weighted by Crippen LogP contribution is 2.18. The van der Waals surface area contributed by atoms with Crippen LogP contribution >= 0.6 is 22.9 Å². The minimum Gasteiger partial charge on any atom is -0.451 e. The number of amides is 1. The summed E-state index contributed by atoms with van der Waals surface area (Å²) < 4.78 is 4.90. The second-order valence-electron chi connectivity index (χ2n) is 4.35. The lowest BCUT2D eigenvalue weighted by molar-refractivity contribution is -0.119. The molecule has 0 atom stereocenters. The average Bonchev–Trinajstić information content (AvgIpc) is 2.95. The Morgan fingerprint density at radius 1 is 1.18 bits per heavy atom. The van der Waals surface area contributed by atoms with E-state index in [1.807, 2.05) is 0 Å². The smallest absolute Gasteiger partial charge is 0.348 e. The van der Waals surface area contributed by atoms with Crippen molar-refractivity contribution in [1.29, 1.82) is 0 Å². The van der Waals surface area contributed by atoms with Gasteiger partial charge in [0.25, 0.3) is 5.91 Å². The third kappa shape index (κ3) is 4.41. The van der Waals surface area contributed by atoms with Gasteiger partial charge >= 0.3 is 5.97 Å². The van der Waals surface area contributed by atoms with Gasteiger partial charge < -0.3 is 10.1 Å². The maximum Gasteiger partial charge on any atom is 0.348 e. The van der Waals surface area contributed by atoms with Gasteiger partial charge in [-0.1, -0.05) is 17.7 Å². The first-order valence-electron chi connectivity index (χ1n) is 6.29. The van der Waals surface area contributed by atoms with Gasteiger partial charge in [0.2, 0.25) is 0 Å². The molecule has 1 aromatic carbocycles. The highest BCUT2D eigenvalue weighted by molar-refractivity contribution is 7.15. The molecule has 1 amide bonds. The molecular formula is C15H12ClNO4S. The number of carbonyl (C=O) groups is 3. The topological polar surface area (TPSA) is 72.5 Å². The normalized spacial score (nSPS) is 10.1. The molecule has 1 heterocycles. The zero-order valence-electron chi connectivity index (χ0n) is 11.6. The Hall–Kier alpha value is -2.18. The van der Waals surface area contributed by atoms with Gasteiger partial charge in [0.15, 0.2) is 12.4 Å². The zero-order valence-corrected chi connectivity index (χ0v) is 13.2. The van der Waals surface area contributed by atoms with Crippen molar-refractivity contribution in [2.75, 3.05) is 11.9 Å². The van der Waals surface area contributed by atoms with Gasteiger partial charge in [0, 0.05) is 10.7 Å². The van der Waals surface area contributed by atoms with Crippen LogP contribution in [0, 0.1) is 0 Å². The first-order valence-corrected chi connectivity index (χ1v) is 7.48. The largest absolute Gasteiger partial charge is 0.451 e. The lowest BCUT2D eigenvalue weighted by atomic mass is 10.3. The highest BCUT2D eigenvalue weighted by Gasteiger charge is 2.14. The first-order chi connectivity index (χ1) is 10.5. The molecule has 1 N–H and O–H groups in total. The van der Waals surface area contributed by atoms with Gasteiger partial charge in [-0.25, -0.2) is 4.79 Å². The number of rotatable bonds is 5. The summed E-state index contributed by atoms with van der Waals surface area (Å²) in [7, 11) is 0. The summed E-state index contributed by atoms with van der Waals surface area (Å²) in [4.78, 5) is 35.4. The van der Waals surface area contributed by atoms with Crippen LogP contribution in [-0.2, 0) is 9.53 Å². The Morgan fingerprint density at radius 3 is 2.55 bits per heavy atom. The van der Waals surface area contributed by atoms with E-state index in [0.29, 0.717) is 15.6 Å². The molecule has 5 nitrogen and oxygen atoms in total. The number of Topliss-reactive ketones (excluding diaryl/α,β-unsaturated/α-hetero) is 1. The predicted octanol–water partition coefficient (Wildman–Crippen LogP) is 3.40. The zero-order chi connectivity index (χ0) is 16.1. The molecule has 22 heavy (non-hydrogen) atoms. The molecule has 0 bridgehead atoms. The highest BCUT2D eigenvalue weighted by atomic mass is 35.5. The Morgan fingerprint density at radius 2 is 1.91 bits per heavy atom. The van der Waals surface area contributed by atoms with Crippen LogP contribution in [0.3, 0.4) is 0 Å². The number of thiophene rings is 1. The summed E-state index contributed by atoms with van der Waals surface area (Å²) in [6.45, 7) is 0.998. The van der Waals surface area contributed by atoms with E-state index in [0.717, 1.165) is 11.3 Å². The fourth-order valence-electron chi connectivity index (χ4n) is 1.60. The number of benzene rings is 1. The third-order valence-corrected chi connectivity index (χ3v) is 4.00. The van der Waals surface area contributed by atoms with Crippen LogP contribution in [0.2, 0.25) is 5.02 Å². The van der Waals surface area contributed by atoms with E-state index in [9.17, 15) is 14.4 Å². The standard InChI is InChI=1S/C15H12ClNO4S/c1-9(18)12-5-6-13(22-12)15(20)21-8-14(19)17-11-4-2-3-10(16)7-11/h2-7H,8H2,1H3,(H,17,19). The van der Waals surface area contributed by atoms with E-state index in [-0.39, 0.29) is 10.7 Å². The van der Waals surface area contributed by atoms with Gasteiger partial charge in [-0.2, -0.15) is 0 Å². The van der Waals surface area contributed by atoms with E-state index >= 15 is 0 Å². The van der Waals surface area contributed by atoms with E-state index in [1.165, 1.54) is 13.0 Å². The Labute approximate surface area is 135 Å². The number of hydrogen-bond donors (Lipinski definition) is 1. The Bertz CT molecular complexity index is 726. The summed E-state index contributed by atoms with van der Waals surface area (Å²) in [6, 6.07) is 9.68. The number of esters is 1. The molecule has 0 aliphatic heterocycles. The molecule has 7 heteroatoms. The van der Waals surface area contributed by atoms with Crippen molar-refractivity contribution in [2.24, 2.45) is 0 Å². The van der Waals surface area contributed by atoms with E-state index in [1.54, 1.807) is 30.3 Å². The minimum atomic E-state index is -0.640. The average molecular weight is 338 g/mol. The van der Waals surface area contributed by atoms with E-state index in [4.69, 9.17) is 16.3 Å². The molecular weight excluding hydrogens is 326 g/mol. The van der Waals surface area contributed by atoms with Gasteiger partial charge in [-0.15, -0.1) is 11.3 Å². The fraction of sp³-hybridized carbons (Fsp3) is 0.133. The van der Waals surface area contributed by atoms with Crippen LogP contribution in [-0.4, -0.2) is 24.3 Å². The predicted molar refractivity (Wildman–Crippen MR) is 84.7 cm³/mol. The fourth-order valence-corrected chi connectivity index (χ4v) is 2.59. The maximum atomic E-state index is 11.8. The summed E-state index contributed by atoms with van der Waals surface area (Å²) in [5.74, 6) is -1.24. The van der Waals surface area contributed by atoms with Crippen molar-refractivity contribution >= 4 is 46.3 Å². The molecule has 114 valence electrons. The second kappa shape index (κ2) is 7.20. The van der Waals surface area contributed by atoms with Crippen molar-refractivity contribution in [2.45, 2.75) is 6.92 Å². The lowest BCUT2D eigenvalue weighted by Crippen LogP contribution is -2.20. The number of hydrogen-bond acceptors (Lipinski definition) is 5. The summed E-state index contributed by atoms with van der Waals surface area (Å²) >= 11 is 6.83. The van der Waals surface area contributed by atoms with Crippen molar-refractivity contribution < 1.29 is 19.1 Å². The molecule has 0 radical (unpaired) electrons. The number of anilines is 1.